The van der Waals surface area contributed by atoms with Crippen molar-refractivity contribution in [1.82, 2.24) is 20.2 Å². The van der Waals surface area contributed by atoms with Crippen molar-refractivity contribution in [2.45, 2.75) is 19.9 Å². The molecule has 8 nitrogen and oxygen atoms in total. The average Bonchev–Trinajstić information content (AvgIpc) is 3.53. The van der Waals surface area contributed by atoms with Gasteiger partial charge in [0.05, 0.1) is 11.1 Å². The van der Waals surface area contributed by atoms with E-state index < -0.39 is 0 Å². The predicted octanol–water partition coefficient (Wildman–Crippen LogP) is 3.82. The van der Waals surface area contributed by atoms with Crippen LogP contribution in [-0.2, 0) is 16.1 Å². The van der Waals surface area contributed by atoms with Crippen molar-refractivity contribution >= 4 is 56.1 Å². The second-order valence-electron chi connectivity index (χ2n) is 9.90. The number of rotatable bonds is 9. The summed E-state index contributed by atoms with van der Waals surface area (Å²) in [6, 6.07) is 12.4. The Labute approximate surface area is 216 Å². The lowest BCUT2D eigenvalue weighted by Gasteiger charge is -2.13. The summed E-state index contributed by atoms with van der Waals surface area (Å²) < 4.78 is 2.20. The van der Waals surface area contributed by atoms with E-state index in [-0.39, 0.29) is 11.8 Å². The van der Waals surface area contributed by atoms with Gasteiger partial charge in [0, 0.05) is 91.4 Å². The smallest absolute Gasteiger partial charge is 0.259 e. The molecular weight excluding hydrogens is 464 g/mol. The van der Waals surface area contributed by atoms with Gasteiger partial charge < -0.3 is 24.7 Å². The number of imide groups is 1. The van der Waals surface area contributed by atoms with Crippen molar-refractivity contribution in [2.75, 3.05) is 51.1 Å². The maximum Gasteiger partial charge on any atom is 0.259 e. The van der Waals surface area contributed by atoms with Crippen LogP contribution < -0.4 is 20.4 Å². The Balaban J connectivity index is 1.73. The molecule has 0 unspecified atom stereocenters. The van der Waals surface area contributed by atoms with Crippen LogP contribution >= 0.6 is 0 Å². The Hall–Kier alpha value is -4.04. The van der Waals surface area contributed by atoms with Gasteiger partial charge >= 0.3 is 0 Å². The average molecular weight is 499 g/mol. The van der Waals surface area contributed by atoms with E-state index in [0.29, 0.717) is 11.1 Å². The number of nitrogens with zero attached hydrogens (tertiary/aromatic N) is 3. The molecule has 0 saturated carbocycles. The number of hydrogen-bond acceptors (Lipinski definition) is 5. The van der Waals surface area contributed by atoms with Crippen LogP contribution in [0, 0.1) is 0 Å². The monoisotopic (exact) mass is 498 g/mol. The van der Waals surface area contributed by atoms with E-state index in [1.54, 1.807) is 0 Å². The van der Waals surface area contributed by atoms with Crippen molar-refractivity contribution < 1.29 is 9.59 Å². The summed E-state index contributed by atoms with van der Waals surface area (Å²) in [7, 11) is 7.96. The van der Waals surface area contributed by atoms with Crippen molar-refractivity contribution in [1.29, 1.82) is 0 Å². The van der Waals surface area contributed by atoms with E-state index in [1.165, 1.54) is 0 Å². The Morgan fingerprint density at radius 1 is 0.865 bits per heavy atom. The fourth-order valence-electron chi connectivity index (χ4n) is 5.06. The molecule has 5 rings (SSSR count). The Morgan fingerprint density at radius 3 is 2.19 bits per heavy atom. The third-order valence-corrected chi connectivity index (χ3v) is 7.04. The fourth-order valence-corrected chi connectivity index (χ4v) is 5.06. The van der Waals surface area contributed by atoms with Crippen LogP contribution in [-0.4, -0.2) is 62.6 Å². The molecule has 0 bridgehead atoms. The van der Waals surface area contributed by atoms with E-state index in [1.807, 2.05) is 62.5 Å². The van der Waals surface area contributed by atoms with Crippen LogP contribution in [0.25, 0.3) is 33.0 Å². The minimum Gasteiger partial charge on any atom is -0.378 e. The number of carbonyl (C=O) groups is 2. The summed E-state index contributed by atoms with van der Waals surface area (Å²) in [5.74, 6) is -0.729. The summed E-state index contributed by atoms with van der Waals surface area (Å²) in [5, 5.41) is 7.81. The van der Waals surface area contributed by atoms with Gasteiger partial charge in [0.15, 0.2) is 0 Å². The molecule has 192 valence electrons. The molecular formula is C29H34N6O2. The summed E-state index contributed by atoms with van der Waals surface area (Å²) in [5.41, 5.74) is 6.36. The summed E-state index contributed by atoms with van der Waals surface area (Å²) in [6.45, 7) is 4.75. The van der Waals surface area contributed by atoms with Crippen molar-refractivity contribution in [3.8, 4) is 0 Å². The summed E-state index contributed by atoms with van der Waals surface area (Å²) in [4.78, 5) is 33.9. The minimum absolute atomic E-state index is 0.361. The number of anilines is 2. The quantitative estimate of drug-likeness (QED) is 0.241. The third kappa shape index (κ3) is 4.38. The molecule has 2 aromatic carbocycles. The zero-order chi connectivity index (χ0) is 26.3. The molecule has 0 saturated heterocycles. The van der Waals surface area contributed by atoms with Gasteiger partial charge in [-0.15, -0.1) is 0 Å². The number of amides is 2. The van der Waals surface area contributed by atoms with Crippen molar-refractivity contribution in [3.05, 3.63) is 59.9 Å². The van der Waals surface area contributed by atoms with Crippen LogP contribution in [0.4, 0.5) is 11.4 Å². The fraction of sp³-hybridized carbons (Fsp3) is 0.310. The number of hydrogen-bond donors (Lipinski definition) is 3. The lowest BCUT2D eigenvalue weighted by molar-refractivity contribution is -0.122. The lowest BCUT2D eigenvalue weighted by Crippen LogP contribution is -2.22. The van der Waals surface area contributed by atoms with Gasteiger partial charge in [-0.1, -0.05) is 6.92 Å². The first-order chi connectivity index (χ1) is 17.8. The van der Waals surface area contributed by atoms with Gasteiger partial charge in [-0.3, -0.25) is 14.9 Å². The number of benzene rings is 2. The topological polar surface area (TPSA) is 85.4 Å². The first-order valence-electron chi connectivity index (χ1n) is 12.7. The highest BCUT2D eigenvalue weighted by molar-refractivity contribution is 6.50. The number of aromatic nitrogens is 2. The number of nitrogens with one attached hydrogen (secondary N) is 3. The van der Waals surface area contributed by atoms with Gasteiger partial charge in [0.1, 0.15) is 0 Å². The second kappa shape index (κ2) is 9.78. The van der Waals surface area contributed by atoms with Crippen LogP contribution in [0.1, 0.15) is 24.5 Å². The number of carbonyl (C=O) groups excluding carboxylic acids is 2. The number of H-pyrrole nitrogens is 1. The van der Waals surface area contributed by atoms with Gasteiger partial charge in [0.2, 0.25) is 0 Å². The number of fused-ring (bicyclic) bond motifs is 2. The minimum atomic E-state index is -0.368. The molecule has 0 aliphatic carbocycles. The summed E-state index contributed by atoms with van der Waals surface area (Å²) in [6.07, 6.45) is 4.82. The Morgan fingerprint density at radius 2 is 1.51 bits per heavy atom. The molecule has 8 heteroatoms. The molecule has 3 heterocycles. The van der Waals surface area contributed by atoms with Gasteiger partial charge in [-0.2, -0.15) is 0 Å². The highest BCUT2D eigenvalue weighted by Crippen LogP contribution is 2.39. The highest BCUT2D eigenvalue weighted by Gasteiger charge is 2.35. The van der Waals surface area contributed by atoms with Gasteiger partial charge in [0.25, 0.3) is 11.8 Å². The zero-order valence-electron chi connectivity index (χ0n) is 22.1. The normalized spacial score (nSPS) is 13.8. The molecule has 37 heavy (non-hydrogen) atoms. The number of aryl methyl sites for hydroxylation is 1. The molecule has 2 aromatic heterocycles. The second-order valence-corrected chi connectivity index (χ2v) is 9.90. The first-order valence-corrected chi connectivity index (χ1v) is 12.7. The molecule has 0 atom stereocenters. The molecule has 0 spiro atoms. The van der Waals surface area contributed by atoms with E-state index in [9.17, 15) is 9.59 Å². The Kier molecular flexibility index (Phi) is 6.52. The molecule has 0 radical (unpaired) electrons. The maximum absolute atomic E-state index is 13.3. The zero-order valence-corrected chi connectivity index (χ0v) is 22.1. The molecule has 3 N–H and O–H groups in total. The van der Waals surface area contributed by atoms with Crippen LogP contribution in [0.2, 0.25) is 0 Å². The lowest BCUT2D eigenvalue weighted by atomic mass is 9.95. The standard InChI is InChI=1S/C29H34N6O2/c1-6-30-12-7-13-35-17-23(21-15-19(34(4)5)9-11-25(21)35)27-26(28(36)32-29(27)37)22-16-31-24-10-8-18(33(2)3)14-20(22)24/h8-11,14-17,30-31H,6-7,12-13H2,1-5H3,(H,32,36,37). The SMILES string of the molecule is CCNCCCn1cc(C2=C(c3c[nH]c4ccc(N(C)C)cc34)C(=O)NC2=O)c2cc(N(C)C)ccc21. The third-order valence-electron chi connectivity index (χ3n) is 7.04. The molecule has 2 amide bonds. The van der Waals surface area contributed by atoms with Gasteiger partial charge in [-0.05, 0) is 55.9 Å². The summed E-state index contributed by atoms with van der Waals surface area (Å²) >= 11 is 0. The van der Waals surface area contributed by atoms with E-state index in [0.717, 1.165) is 70.4 Å². The maximum atomic E-state index is 13.3. The van der Waals surface area contributed by atoms with Crippen molar-refractivity contribution in [3.63, 3.8) is 0 Å². The Bertz CT molecular complexity index is 1540. The molecule has 4 aromatic rings. The van der Waals surface area contributed by atoms with E-state index in [4.69, 9.17) is 0 Å². The van der Waals surface area contributed by atoms with Crippen LogP contribution in [0.15, 0.2) is 48.8 Å². The molecule has 0 fully saturated rings. The highest BCUT2D eigenvalue weighted by atomic mass is 16.2. The number of aromatic amines is 1. The van der Waals surface area contributed by atoms with Crippen LogP contribution in [0.5, 0.6) is 0 Å². The largest absolute Gasteiger partial charge is 0.378 e. The van der Waals surface area contributed by atoms with Crippen LogP contribution in [0.3, 0.4) is 0 Å². The van der Waals surface area contributed by atoms with Gasteiger partial charge in [-0.25, -0.2) is 0 Å². The first kappa shape index (κ1) is 24.6. The molecule has 1 aliphatic rings. The van der Waals surface area contributed by atoms with E-state index >= 15 is 0 Å². The predicted molar refractivity (Wildman–Crippen MR) is 152 cm³/mol. The van der Waals surface area contributed by atoms with E-state index in [2.05, 4.69) is 51.4 Å². The molecule has 1 aliphatic heterocycles. The van der Waals surface area contributed by atoms with Crippen molar-refractivity contribution in [2.24, 2.45) is 0 Å².